The fraction of sp³-hybridized carbons (Fsp3) is 0.227. The van der Waals surface area contributed by atoms with Crippen molar-refractivity contribution in [2.45, 2.75) is 26.2 Å². The first-order valence-electron chi connectivity index (χ1n) is 9.64. The lowest BCUT2D eigenvalue weighted by molar-refractivity contribution is -0.116. The molecular weight excluding hydrogens is 386 g/mol. The highest BCUT2D eigenvalue weighted by atomic mass is 16.3. The van der Waals surface area contributed by atoms with E-state index in [1.54, 1.807) is 24.3 Å². The number of amides is 2. The summed E-state index contributed by atoms with van der Waals surface area (Å²) < 4.78 is 0. The Morgan fingerprint density at radius 3 is 2.60 bits per heavy atom. The van der Waals surface area contributed by atoms with Gasteiger partial charge in [0.2, 0.25) is 5.91 Å². The Labute approximate surface area is 172 Å². The molecule has 5 N–H and O–H groups in total. The fourth-order valence-electron chi connectivity index (χ4n) is 3.09. The number of phenols is 2. The van der Waals surface area contributed by atoms with Gasteiger partial charge in [-0.3, -0.25) is 14.4 Å². The molecule has 0 saturated heterocycles. The summed E-state index contributed by atoms with van der Waals surface area (Å²) >= 11 is 0. The monoisotopic (exact) mass is 409 g/mol. The summed E-state index contributed by atoms with van der Waals surface area (Å²) in [5.41, 5.74) is 1.17. The van der Waals surface area contributed by atoms with Crippen molar-refractivity contribution in [3.05, 3.63) is 63.9 Å². The molecule has 0 spiro atoms. The van der Waals surface area contributed by atoms with Crippen LogP contribution in [0.2, 0.25) is 0 Å². The van der Waals surface area contributed by atoms with E-state index in [1.807, 2.05) is 6.92 Å². The molecule has 2 amide bonds. The number of carbonyl (C=O) groups excluding carboxylic acids is 2. The molecule has 8 nitrogen and oxygen atoms in total. The zero-order chi connectivity index (χ0) is 21.7. The number of rotatable bonds is 7. The van der Waals surface area contributed by atoms with Gasteiger partial charge < -0.3 is 25.8 Å². The molecule has 0 aliphatic carbocycles. The van der Waals surface area contributed by atoms with E-state index in [0.717, 1.165) is 5.56 Å². The molecule has 0 fully saturated rings. The van der Waals surface area contributed by atoms with Gasteiger partial charge in [0, 0.05) is 18.4 Å². The van der Waals surface area contributed by atoms with Crippen LogP contribution in [-0.4, -0.2) is 33.6 Å². The van der Waals surface area contributed by atoms with Crippen LogP contribution in [0.4, 0.5) is 5.69 Å². The number of carbonyl (C=O) groups is 2. The Kier molecular flexibility index (Phi) is 6.36. The van der Waals surface area contributed by atoms with Crippen molar-refractivity contribution in [3.8, 4) is 11.5 Å². The molecule has 0 unspecified atom stereocenters. The molecule has 30 heavy (non-hydrogen) atoms. The summed E-state index contributed by atoms with van der Waals surface area (Å²) in [5, 5.41) is 24.9. The van der Waals surface area contributed by atoms with Crippen LogP contribution in [0.15, 0.2) is 47.3 Å². The van der Waals surface area contributed by atoms with Gasteiger partial charge in [0.15, 0.2) is 11.5 Å². The standard InChI is InChI=1S/C22H23N3O5/c1-2-4-20(28)24-16-5-3-6-17-14(16)12-15(22(30)25-17)21(29)23-10-9-13-7-8-18(26)19(27)11-13/h3,5-8,11-12,26-27H,2,4,9-10H2,1H3,(H,23,29)(H,24,28)(H,25,30). The molecular formula is C22H23N3O5. The molecule has 3 aromatic rings. The number of nitrogens with one attached hydrogen (secondary N) is 3. The zero-order valence-corrected chi connectivity index (χ0v) is 16.5. The molecule has 0 saturated carbocycles. The van der Waals surface area contributed by atoms with E-state index in [1.165, 1.54) is 18.2 Å². The summed E-state index contributed by atoms with van der Waals surface area (Å²) in [4.78, 5) is 39.6. The first-order chi connectivity index (χ1) is 14.4. The number of hydrogen-bond acceptors (Lipinski definition) is 5. The number of aromatic amines is 1. The molecule has 8 heteroatoms. The number of pyridine rings is 1. The van der Waals surface area contributed by atoms with Crippen molar-refractivity contribution in [1.82, 2.24) is 10.3 Å². The van der Waals surface area contributed by atoms with Crippen molar-refractivity contribution < 1.29 is 19.8 Å². The third kappa shape index (κ3) is 4.78. The van der Waals surface area contributed by atoms with E-state index >= 15 is 0 Å². The number of aromatic nitrogens is 1. The van der Waals surface area contributed by atoms with Gasteiger partial charge in [0.05, 0.1) is 11.2 Å². The lowest BCUT2D eigenvalue weighted by Gasteiger charge is -2.10. The average molecular weight is 409 g/mol. The van der Waals surface area contributed by atoms with Crippen LogP contribution < -0.4 is 16.2 Å². The van der Waals surface area contributed by atoms with Gasteiger partial charge in [-0.1, -0.05) is 19.1 Å². The number of H-pyrrole nitrogens is 1. The second-order valence-electron chi connectivity index (χ2n) is 6.91. The molecule has 0 atom stereocenters. The van der Waals surface area contributed by atoms with Crippen LogP contribution in [0.25, 0.3) is 10.9 Å². The molecule has 0 bridgehead atoms. The van der Waals surface area contributed by atoms with Gasteiger partial charge in [0.25, 0.3) is 11.5 Å². The van der Waals surface area contributed by atoms with Crippen molar-refractivity contribution in [2.75, 3.05) is 11.9 Å². The Morgan fingerprint density at radius 2 is 1.87 bits per heavy atom. The fourth-order valence-corrected chi connectivity index (χ4v) is 3.09. The number of benzene rings is 2. The molecule has 0 radical (unpaired) electrons. The maximum Gasteiger partial charge on any atom is 0.261 e. The second-order valence-corrected chi connectivity index (χ2v) is 6.91. The molecule has 2 aromatic carbocycles. The van der Waals surface area contributed by atoms with Crippen molar-refractivity contribution in [1.29, 1.82) is 0 Å². The van der Waals surface area contributed by atoms with Crippen LogP contribution in [0, 0.1) is 0 Å². The summed E-state index contributed by atoms with van der Waals surface area (Å²) in [7, 11) is 0. The van der Waals surface area contributed by atoms with E-state index in [2.05, 4.69) is 15.6 Å². The zero-order valence-electron chi connectivity index (χ0n) is 16.5. The van der Waals surface area contributed by atoms with Crippen LogP contribution in [0.5, 0.6) is 11.5 Å². The highest BCUT2D eigenvalue weighted by molar-refractivity contribution is 6.04. The van der Waals surface area contributed by atoms with E-state index < -0.39 is 11.5 Å². The number of anilines is 1. The molecule has 1 aromatic heterocycles. The van der Waals surface area contributed by atoms with Gasteiger partial charge in [-0.05, 0) is 48.7 Å². The predicted molar refractivity (Wildman–Crippen MR) is 114 cm³/mol. The minimum Gasteiger partial charge on any atom is -0.504 e. The van der Waals surface area contributed by atoms with Crippen molar-refractivity contribution >= 4 is 28.4 Å². The number of fused-ring (bicyclic) bond motifs is 1. The minimum atomic E-state index is -0.546. The molecule has 0 aliphatic rings. The molecule has 1 heterocycles. The van der Waals surface area contributed by atoms with Crippen LogP contribution >= 0.6 is 0 Å². The SMILES string of the molecule is CCCC(=O)Nc1cccc2[nH]c(=O)c(C(=O)NCCc3ccc(O)c(O)c3)cc12. The lowest BCUT2D eigenvalue weighted by atomic mass is 10.1. The average Bonchev–Trinajstić information content (AvgIpc) is 2.70. The minimum absolute atomic E-state index is 0.0618. The van der Waals surface area contributed by atoms with Gasteiger partial charge in [0.1, 0.15) is 5.56 Å². The van der Waals surface area contributed by atoms with E-state index in [9.17, 15) is 24.6 Å². The van der Waals surface area contributed by atoms with Crippen molar-refractivity contribution in [2.24, 2.45) is 0 Å². The Hall–Kier alpha value is -3.81. The summed E-state index contributed by atoms with van der Waals surface area (Å²) in [5.74, 6) is -1.13. The topological polar surface area (TPSA) is 132 Å². The number of phenolic OH excluding ortho intramolecular Hbond substituents is 2. The second kappa shape index (κ2) is 9.13. The van der Waals surface area contributed by atoms with Gasteiger partial charge in [-0.2, -0.15) is 0 Å². The van der Waals surface area contributed by atoms with E-state index in [0.29, 0.717) is 35.9 Å². The summed E-state index contributed by atoms with van der Waals surface area (Å²) in [6, 6.07) is 11.0. The number of hydrogen-bond donors (Lipinski definition) is 5. The molecule has 156 valence electrons. The first kappa shape index (κ1) is 20.9. The number of aromatic hydroxyl groups is 2. The van der Waals surface area contributed by atoms with E-state index in [-0.39, 0.29) is 29.5 Å². The van der Waals surface area contributed by atoms with Crippen LogP contribution in [0.3, 0.4) is 0 Å². The highest BCUT2D eigenvalue weighted by Crippen LogP contribution is 2.25. The summed E-state index contributed by atoms with van der Waals surface area (Å²) in [6.45, 7) is 2.14. The lowest BCUT2D eigenvalue weighted by Crippen LogP contribution is -2.31. The highest BCUT2D eigenvalue weighted by Gasteiger charge is 2.14. The van der Waals surface area contributed by atoms with Gasteiger partial charge >= 0.3 is 0 Å². The van der Waals surface area contributed by atoms with Crippen molar-refractivity contribution in [3.63, 3.8) is 0 Å². The smallest absolute Gasteiger partial charge is 0.261 e. The third-order valence-electron chi connectivity index (χ3n) is 4.62. The largest absolute Gasteiger partial charge is 0.504 e. The normalized spacial score (nSPS) is 10.7. The maximum atomic E-state index is 12.5. The van der Waals surface area contributed by atoms with Gasteiger partial charge in [-0.25, -0.2) is 0 Å². The summed E-state index contributed by atoms with van der Waals surface area (Å²) in [6.07, 6.45) is 1.49. The van der Waals surface area contributed by atoms with E-state index in [4.69, 9.17) is 0 Å². The Bertz CT molecular complexity index is 1150. The van der Waals surface area contributed by atoms with Crippen LogP contribution in [-0.2, 0) is 11.2 Å². The van der Waals surface area contributed by atoms with Crippen LogP contribution in [0.1, 0.15) is 35.7 Å². The molecule has 3 rings (SSSR count). The predicted octanol–water partition coefficient (Wildman–Crippen LogP) is 2.65. The first-order valence-corrected chi connectivity index (χ1v) is 9.64. The third-order valence-corrected chi connectivity index (χ3v) is 4.62. The van der Waals surface area contributed by atoms with Gasteiger partial charge in [-0.15, -0.1) is 0 Å². The maximum absolute atomic E-state index is 12.5. The Balaban J connectivity index is 1.77. The quantitative estimate of drug-likeness (QED) is 0.383. The Morgan fingerprint density at radius 1 is 1.07 bits per heavy atom. The molecule has 0 aliphatic heterocycles.